The van der Waals surface area contributed by atoms with E-state index in [-0.39, 0.29) is 5.84 Å². The van der Waals surface area contributed by atoms with Gasteiger partial charge in [-0.15, -0.1) is 0 Å². The molecule has 1 aliphatic heterocycles. The van der Waals surface area contributed by atoms with Crippen molar-refractivity contribution < 1.29 is 5.11 Å². The summed E-state index contributed by atoms with van der Waals surface area (Å²) >= 11 is 0. The van der Waals surface area contributed by atoms with Crippen molar-refractivity contribution in [3.8, 4) is 0 Å². The van der Waals surface area contributed by atoms with Crippen LogP contribution in [0.3, 0.4) is 0 Å². The first-order valence-corrected chi connectivity index (χ1v) is 5.77. The Hall–Kier alpha value is -0.610. The Balaban J connectivity index is 2.13. The molecule has 0 aliphatic carbocycles. The molecular weight excluding hydrogens is 190 g/mol. The minimum Gasteiger partial charge on any atom is -0.389 e. The Morgan fingerprint density at radius 3 is 2.87 bits per heavy atom. The number of nitrogens with zero attached hydrogens (tertiary/aromatic N) is 1. The van der Waals surface area contributed by atoms with Crippen LogP contribution in [0.1, 0.15) is 39.0 Å². The molecule has 0 spiro atoms. The molecule has 15 heavy (non-hydrogen) atoms. The zero-order valence-corrected chi connectivity index (χ0v) is 9.63. The van der Waals surface area contributed by atoms with Gasteiger partial charge in [0.2, 0.25) is 0 Å². The molecule has 1 saturated heterocycles. The van der Waals surface area contributed by atoms with Crippen LogP contribution in [0.4, 0.5) is 0 Å². The second-order valence-corrected chi connectivity index (χ2v) is 4.86. The summed E-state index contributed by atoms with van der Waals surface area (Å²) in [5, 5.41) is 17.0. The van der Waals surface area contributed by atoms with E-state index in [1.165, 1.54) is 0 Å². The molecule has 0 aromatic rings. The van der Waals surface area contributed by atoms with Crippen molar-refractivity contribution in [3.05, 3.63) is 0 Å². The molecular formula is C11H23N3O. The lowest BCUT2D eigenvalue weighted by Crippen LogP contribution is -2.46. The Labute approximate surface area is 92.0 Å². The number of nitrogens with two attached hydrogens (primary N) is 1. The highest BCUT2D eigenvalue weighted by Gasteiger charge is 2.27. The lowest BCUT2D eigenvalue weighted by atomic mass is 9.95. The first-order chi connectivity index (χ1) is 6.99. The second-order valence-electron chi connectivity index (χ2n) is 4.86. The quantitative estimate of drug-likeness (QED) is 0.361. The fourth-order valence-electron chi connectivity index (χ4n) is 2.17. The maximum atomic E-state index is 9.89. The van der Waals surface area contributed by atoms with E-state index in [4.69, 9.17) is 11.1 Å². The fourth-order valence-corrected chi connectivity index (χ4v) is 2.17. The van der Waals surface area contributed by atoms with Crippen LogP contribution in [0.25, 0.3) is 0 Å². The normalized spacial score (nSPS) is 27.9. The molecule has 4 nitrogen and oxygen atoms in total. The Morgan fingerprint density at radius 2 is 2.27 bits per heavy atom. The number of likely N-dealkylation sites (tertiary alicyclic amines) is 1. The molecule has 1 rings (SSSR count). The van der Waals surface area contributed by atoms with Gasteiger partial charge in [0.25, 0.3) is 0 Å². The SMILES string of the molecule is CC1(O)CCCN(CCCCC(=N)N)C1. The van der Waals surface area contributed by atoms with Gasteiger partial charge in [0.05, 0.1) is 11.4 Å². The molecule has 88 valence electrons. The third kappa shape index (κ3) is 5.14. The van der Waals surface area contributed by atoms with Gasteiger partial charge in [-0.25, -0.2) is 0 Å². The van der Waals surface area contributed by atoms with Crippen LogP contribution in [0.5, 0.6) is 0 Å². The number of hydrogen-bond donors (Lipinski definition) is 3. The predicted octanol–water partition coefficient (Wildman–Crippen LogP) is 0.939. The van der Waals surface area contributed by atoms with Gasteiger partial charge in [0.1, 0.15) is 0 Å². The molecule has 1 unspecified atom stereocenters. The van der Waals surface area contributed by atoms with Crippen LogP contribution < -0.4 is 5.73 Å². The minimum absolute atomic E-state index is 0.278. The van der Waals surface area contributed by atoms with E-state index in [2.05, 4.69) is 4.90 Å². The van der Waals surface area contributed by atoms with Crippen molar-refractivity contribution in [1.29, 1.82) is 5.41 Å². The van der Waals surface area contributed by atoms with Crippen LogP contribution in [-0.4, -0.2) is 41.1 Å². The van der Waals surface area contributed by atoms with Gasteiger partial charge in [-0.1, -0.05) is 0 Å². The highest BCUT2D eigenvalue weighted by molar-refractivity contribution is 5.76. The van der Waals surface area contributed by atoms with E-state index in [0.29, 0.717) is 6.42 Å². The molecule has 0 amide bonds. The van der Waals surface area contributed by atoms with Crippen molar-refractivity contribution in [2.75, 3.05) is 19.6 Å². The molecule has 0 aromatic carbocycles. The van der Waals surface area contributed by atoms with Gasteiger partial charge in [0.15, 0.2) is 0 Å². The summed E-state index contributed by atoms with van der Waals surface area (Å²) < 4.78 is 0. The van der Waals surface area contributed by atoms with Crippen LogP contribution in [-0.2, 0) is 0 Å². The summed E-state index contributed by atoms with van der Waals surface area (Å²) in [5.74, 6) is 0.278. The van der Waals surface area contributed by atoms with E-state index >= 15 is 0 Å². The maximum absolute atomic E-state index is 9.89. The van der Waals surface area contributed by atoms with E-state index in [9.17, 15) is 5.11 Å². The van der Waals surface area contributed by atoms with Gasteiger partial charge < -0.3 is 15.7 Å². The Morgan fingerprint density at radius 1 is 1.53 bits per heavy atom. The summed E-state index contributed by atoms with van der Waals surface area (Å²) in [7, 11) is 0. The Kier molecular flexibility index (Phi) is 4.54. The molecule has 1 heterocycles. The third-order valence-electron chi connectivity index (χ3n) is 2.92. The highest BCUT2D eigenvalue weighted by Crippen LogP contribution is 2.20. The largest absolute Gasteiger partial charge is 0.389 e. The zero-order chi connectivity index (χ0) is 11.3. The number of piperidine rings is 1. The second kappa shape index (κ2) is 5.47. The number of unbranched alkanes of at least 4 members (excludes halogenated alkanes) is 1. The number of aliphatic hydroxyl groups is 1. The molecule has 1 atom stereocenters. The lowest BCUT2D eigenvalue weighted by molar-refractivity contribution is -0.0157. The fraction of sp³-hybridized carbons (Fsp3) is 0.909. The number of β-amino-alcohol motifs (C(OH)–C–C–N with tert-alkyl or cyclic N) is 1. The molecule has 0 saturated carbocycles. The van der Waals surface area contributed by atoms with Crippen molar-refractivity contribution in [3.63, 3.8) is 0 Å². The van der Waals surface area contributed by atoms with Crippen molar-refractivity contribution >= 4 is 5.84 Å². The number of nitrogens with one attached hydrogen (secondary N) is 1. The molecule has 4 heteroatoms. The van der Waals surface area contributed by atoms with E-state index in [1.807, 2.05) is 6.92 Å². The van der Waals surface area contributed by atoms with Crippen LogP contribution >= 0.6 is 0 Å². The van der Waals surface area contributed by atoms with Gasteiger partial charge >= 0.3 is 0 Å². The third-order valence-corrected chi connectivity index (χ3v) is 2.92. The molecule has 0 bridgehead atoms. The topological polar surface area (TPSA) is 73.3 Å². The first-order valence-electron chi connectivity index (χ1n) is 5.77. The van der Waals surface area contributed by atoms with Gasteiger partial charge in [-0.05, 0) is 45.7 Å². The standard InChI is InChI=1S/C11H23N3O/c1-11(15)6-4-8-14(9-11)7-3-2-5-10(12)13/h15H,2-9H2,1H3,(H3,12,13). The molecule has 0 radical (unpaired) electrons. The van der Waals surface area contributed by atoms with Crippen molar-refractivity contribution in [2.45, 2.75) is 44.6 Å². The maximum Gasteiger partial charge on any atom is 0.0905 e. The Bertz CT molecular complexity index is 216. The average molecular weight is 213 g/mol. The van der Waals surface area contributed by atoms with Gasteiger partial charge in [0, 0.05) is 13.0 Å². The van der Waals surface area contributed by atoms with Crippen molar-refractivity contribution in [1.82, 2.24) is 4.90 Å². The highest BCUT2D eigenvalue weighted by atomic mass is 16.3. The summed E-state index contributed by atoms with van der Waals surface area (Å²) in [6.07, 6.45) is 4.74. The smallest absolute Gasteiger partial charge is 0.0905 e. The van der Waals surface area contributed by atoms with E-state index in [1.54, 1.807) is 0 Å². The summed E-state index contributed by atoms with van der Waals surface area (Å²) in [6, 6.07) is 0. The van der Waals surface area contributed by atoms with Gasteiger partial charge in [-0.2, -0.15) is 0 Å². The molecule has 1 fully saturated rings. The summed E-state index contributed by atoms with van der Waals surface area (Å²) in [5.41, 5.74) is 4.78. The van der Waals surface area contributed by atoms with E-state index < -0.39 is 5.60 Å². The van der Waals surface area contributed by atoms with Crippen LogP contribution in [0, 0.1) is 5.41 Å². The first kappa shape index (κ1) is 12.5. The van der Waals surface area contributed by atoms with Crippen LogP contribution in [0.2, 0.25) is 0 Å². The zero-order valence-electron chi connectivity index (χ0n) is 9.63. The van der Waals surface area contributed by atoms with Crippen molar-refractivity contribution in [2.24, 2.45) is 5.73 Å². The lowest BCUT2D eigenvalue weighted by Gasteiger charge is -2.36. The van der Waals surface area contributed by atoms with Gasteiger partial charge in [-0.3, -0.25) is 5.41 Å². The summed E-state index contributed by atoms with van der Waals surface area (Å²) in [6.45, 7) is 4.81. The van der Waals surface area contributed by atoms with E-state index in [0.717, 1.165) is 45.3 Å². The number of amidine groups is 1. The minimum atomic E-state index is -0.501. The molecule has 1 aliphatic rings. The molecule has 4 N–H and O–H groups in total. The summed E-state index contributed by atoms with van der Waals surface area (Å²) in [4.78, 5) is 2.31. The molecule has 0 aromatic heterocycles. The predicted molar refractivity (Wildman–Crippen MR) is 62.1 cm³/mol. The number of hydrogen-bond acceptors (Lipinski definition) is 3. The monoisotopic (exact) mass is 213 g/mol. The van der Waals surface area contributed by atoms with Crippen LogP contribution in [0.15, 0.2) is 0 Å². The average Bonchev–Trinajstić information content (AvgIpc) is 2.10. The number of rotatable bonds is 5.